The number of nitrogens with one attached hydrogen (secondary N) is 1. The maximum absolute atomic E-state index is 11.0. The average molecular weight is 307 g/mol. The minimum absolute atomic E-state index is 0.0487. The van der Waals surface area contributed by atoms with Gasteiger partial charge in [0.2, 0.25) is 0 Å². The van der Waals surface area contributed by atoms with Crippen LogP contribution in [-0.4, -0.2) is 4.92 Å². The van der Waals surface area contributed by atoms with Crippen molar-refractivity contribution in [3.8, 4) is 0 Å². The Hall–Kier alpha value is -1.88. The molecule has 0 aliphatic heterocycles. The van der Waals surface area contributed by atoms with Crippen LogP contribution in [0.3, 0.4) is 0 Å². The highest BCUT2D eigenvalue weighted by Crippen LogP contribution is 2.31. The van der Waals surface area contributed by atoms with Crippen molar-refractivity contribution in [3.05, 3.63) is 62.6 Å². The smallest absolute Gasteiger partial charge is 0.293 e. The van der Waals surface area contributed by atoms with E-state index in [0.29, 0.717) is 10.2 Å². The molecule has 0 heterocycles. The Morgan fingerprint density at radius 2 is 1.89 bits per heavy atom. The standard InChI is InChI=1S/C13H11BrN2O2/c1-9-4-2-3-5-11(9)15-12-7-6-10(14)8-13(12)16(17)18/h2-8,15H,1H3. The van der Waals surface area contributed by atoms with Crippen LogP contribution in [0.15, 0.2) is 46.9 Å². The molecule has 4 nitrogen and oxygen atoms in total. The molecular formula is C13H11BrN2O2. The second kappa shape index (κ2) is 5.18. The number of aryl methyl sites for hydroxylation is 1. The predicted octanol–water partition coefficient (Wildman–Crippen LogP) is 4.41. The first-order valence-corrected chi connectivity index (χ1v) is 6.14. The Morgan fingerprint density at radius 1 is 1.17 bits per heavy atom. The number of hydrogen-bond acceptors (Lipinski definition) is 3. The van der Waals surface area contributed by atoms with E-state index in [1.807, 2.05) is 31.2 Å². The minimum Gasteiger partial charge on any atom is -0.350 e. The molecule has 0 amide bonds. The van der Waals surface area contributed by atoms with Crippen molar-refractivity contribution in [1.29, 1.82) is 0 Å². The van der Waals surface area contributed by atoms with Gasteiger partial charge in [0, 0.05) is 16.2 Å². The van der Waals surface area contributed by atoms with Crippen molar-refractivity contribution in [1.82, 2.24) is 0 Å². The Balaban J connectivity index is 2.41. The van der Waals surface area contributed by atoms with Crippen molar-refractivity contribution < 1.29 is 4.92 Å². The summed E-state index contributed by atoms with van der Waals surface area (Å²) >= 11 is 3.23. The number of rotatable bonds is 3. The molecule has 1 N–H and O–H groups in total. The van der Waals surface area contributed by atoms with Crippen LogP contribution < -0.4 is 5.32 Å². The molecule has 5 heteroatoms. The van der Waals surface area contributed by atoms with E-state index in [9.17, 15) is 10.1 Å². The third kappa shape index (κ3) is 2.68. The summed E-state index contributed by atoms with van der Waals surface area (Å²) in [5.74, 6) is 0. The zero-order valence-corrected chi connectivity index (χ0v) is 11.3. The number of para-hydroxylation sites is 1. The van der Waals surface area contributed by atoms with E-state index in [0.717, 1.165) is 11.3 Å². The van der Waals surface area contributed by atoms with Gasteiger partial charge < -0.3 is 5.32 Å². The van der Waals surface area contributed by atoms with Gasteiger partial charge in [-0.05, 0) is 30.7 Å². The van der Waals surface area contributed by atoms with E-state index in [4.69, 9.17) is 0 Å². The van der Waals surface area contributed by atoms with Gasteiger partial charge in [0.25, 0.3) is 5.69 Å². The molecule has 2 rings (SSSR count). The van der Waals surface area contributed by atoms with Gasteiger partial charge in [0.05, 0.1) is 4.92 Å². The first-order valence-electron chi connectivity index (χ1n) is 5.34. The number of halogens is 1. The summed E-state index contributed by atoms with van der Waals surface area (Å²) in [6.07, 6.45) is 0. The van der Waals surface area contributed by atoms with Crippen LogP contribution in [0.25, 0.3) is 0 Å². The summed E-state index contributed by atoms with van der Waals surface area (Å²) in [5.41, 5.74) is 2.43. The number of anilines is 2. The molecule has 0 aliphatic carbocycles. The zero-order chi connectivity index (χ0) is 13.1. The molecule has 0 atom stereocenters. The third-order valence-corrected chi connectivity index (χ3v) is 3.06. The molecule has 2 aromatic carbocycles. The topological polar surface area (TPSA) is 55.2 Å². The fourth-order valence-electron chi connectivity index (χ4n) is 1.62. The lowest BCUT2D eigenvalue weighted by atomic mass is 10.2. The number of benzene rings is 2. The molecule has 0 aliphatic rings. The SMILES string of the molecule is Cc1ccccc1Nc1ccc(Br)cc1[N+](=O)[O-]. The van der Waals surface area contributed by atoms with Gasteiger partial charge in [0.1, 0.15) is 5.69 Å². The predicted molar refractivity (Wildman–Crippen MR) is 75.3 cm³/mol. The van der Waals surface area contributed by atoms with E-state index in [-0.39, 0.29) is 5.69 Å². The van der Waals surface area contributed by atoms with Gasteiger partial charge in [0.15, 0.2) is 0 Å². The quantitative estimate of drug-likeness (QED) is 0.675. The van der Waals surface area contributed by atoms with Crippen molar-refractivity contribution >= 4 is 33.0 Å². The molecule has 92 valence electrons. The first kappa shape index (κ1) is 12.6. The Bertz CT molecular complexity index is 599. The molecule has 0 spiro atoms. The second-order valence-electron chi connectivity index (χ2n) is 3.86. The summed E-state index contributed by atoms with van der Waals surface area (Å²) in [7, 11) is 0. The minimum atomic E-state index is -0.397. The van der Waals surface area contributed by atoms with Crippen molar-refractivity contribution in [3.63, 3.8) is 0 Å². The monoisotopic (exact) mass is 306 g/mol. The van der Waals surface area contributed by atoms with Gasteiger partial charge in [-0.25, -0.2) is 0 Å². The van der Waals surface area contributed by atoms with Crippen LogP contribution in [0.4, 0.5) is 17.1 Å². The van der Waals surface area contributed by atoms with Crippen LogP contribution in [0.1, 0.15) is 5.56 Å². The van der Waals surface area contributed by atoms with Crippen LogP contribution >= 0.6 is 15.9 Å². The maximum Gasteiger partial charge on any atom is 0.293 e. The van der Waals surface area contributed by atoms with Crippen LogP contribution in [0.5, 0.6) is 0 Å². The molecular weight excluding hydrogens is 296 g/mol. The lowest BCUT2D eigenvalue weighted by Gasteiger charge is -2.09. The van der Waals surface area contributed by atoms with Crippen molar-refractivity contribution in [2.75, 3.05) is 5.32 Å². The average Bonchev–Trinajstić information content (AvgIpc) is 2.34. The third-order valence-electron chi connectivity index (χ3n) is 2.57. The Morgan fingerprint density at radius 3 is 2.56 bits per heavy atom. The van der Waals surface area contributed by atoms with Crippen molar-refractivity contribution in [2.45, 2.75) is 6.92 Å². The van der Waals surface area contributed by atoms with Crippen LogP contribution in [-0.2, 0) is 0 Å². The van der Waals surface area contributed by atoms with E-state index >= 15 is 0 Å². The number of nitro groups is 1. The molecule has 0 radical (unpaired) electrons. The number of hydrogen-bond donors (Lipinski definition) is 1. The maximum atomic E-state index is 11.0. The summed E-state index contributed by atoms with van der Waals surface area (Å²) in [5, 5.41) is 14.1. The lowest BCUT2D eigenvalue weighted by Crippen LogP contribution is -1.98. The van der Waals surface area contributed by atoms with Gasteiger partial charge in [-0.15, -0.1) is 0 Å². The molecule has 0 unspecified atom stereocenters. The molecule has 0 saturated carbocycles. The number of nitro benzene ring substituents is 1. The van der Waals surface area contributed by atoms with E-state index in [2.05, 4.69) is 21.2 Å². The zero-order valence-electron chi connectivity index (χ0n) is 9.68. The highest BCUT2D eigenvalue weighted by molar-refractivity contribution is 9.10. The molecule has 0 bridgehead atoms. The van der Waals surface area contributed by atoms with E-state index in [1.165, 1.54) is 6.07 Å². The van der Waals surface area contributed by atoms with Crippen molar-refractivity contribution in [2.24, 2.45) is 0 Å². The normalized spacial score (nSPS) is 10.1. The molecule has 2 aromatic rings. The number of nitrogens with zero attached hydrogens (tertiary/aromatic N) is 1. The molecule has 0 fully saturated rings. The summed E-state index contributed by atoms with van der Waals surface area (Å²) in [6.45, 7) is 1.95. The highest BCUT2D eigenvalue weighted by atomic mass is 79.9. The van der Waals surface area contributed by atoms with E-state index < -0.39 is 4.92 Å². The molecule has 0 aromatic heterocycles. The van der Waals surface area contributed by atoms with Gasteiger partial charge >= 0.3 is 0 Å². The Labute approximate surface area is 113 Å². The Kier molecular flexibility index (Phi) is 3.62. The summed E-state index contributed by atoms with van der Waals surface area (Å²) in [4.78, 5) is 10.6. The second-order valence-corrected chi connectivity index (χ2v) is 4.77. The van der Waals surface area contributed by atoms with Gasteiger partial charge in [-0.3, -0.25) is 10.1 Å². The van der Waals surface area contributed by atoms with Gasteiger partial charge in [-0.1, -0.05) is 34.1 Å². The summed E-state index contributed by atoms with van der Waals surface area (Å²) < 4.78 is 0.685. The molecule has 18 heavy (non-hydrogen) atoms. The first-order chi connectivity index (χ1) is 8.58. The lowest BCUT2D eigenvalue weighted by molar-refractivity contribution is -0.384. The van der Waals surface area contributed by atoms with E-state index in [1.54, 1.807) is 12.1 Å². The van der Waals surface area contributed by atoms with Crippen LogP contribution in [0.2, 0.25) is 0 Å². The summed E-state index contributed by atoms with van der Waals surface area (Å²) in [6, 6.07) is 12.6. The fourth-order valence-corrected chi connectivity index (χ4v) is 1.97. The highest BCUT2D eigenvalue weighted by Gasteiger charge is 2.14. The fraction of sp³-hybridized carbons (Fsp3) is 0.0769. The van der Waals surface area contributed by atoms with Gasteiger partial charge in [-0.2, -0.15) is 0 Å². The largest absolute Gasteiger partial charge is 0.350 e. The molecule has 0 saturated heterocycles. The van der Waals surface area contributed by atoms with Crippen LogP contribution in [0, 0.1) is 17.0 Å².